The molecule has 1 aromatic rings. The Labute approximate surface area is 171 Å². The topological polar surface area (TPSA) is 114 Å². The van der Waals surface area contributed by atoms with Crippen LogP contribution in [-0.2, 0) is 22.6 Å². The van der Waals surface area contributed by atoms with Gasteiger partial charge in [0.2, 0.25) is 5.88 Å². The zero-order chi connectivity index (χ0) is 20.9. The number of aromatic nitrogens is 2. The summed E-state index contributed by atoms with van der Waals surface area (Å²) in [6, 6.07) is 2.90. The lowest BCUT2D eigenvalue weighted by Gasteiger charge is -2.22. The molecule has 0 saturated heterocycles. The second-order valence-electron chi connectivity index (χ2n) is 7.51. The van der Waals surface area contributed by atoms with Gasteiger partial charge < -0.3 is 20.3 Å². The molecule has 0 radical (unpaired) electrons. The van der Waals surface area contributed by atoms with Crippen molar-refractivity contribution in [1.29, 1.82) is 0 Å². The number of carboxylic acid groups (broad SMARTS) is 2. The fraction of sp³-hybridized carbons (Fsp3) is 0.667. The van der Waals surface area contributed by atoms with Gasteiger partial charge in [-0.3, -0.25) is 4.68 Å². The molecule has 2 aliphatic rings. The van der Waals surface area contributed by atoms with Crippen LogP contribution < -0.4 is 10.1 Å². The van der Waals surface area contributed by atoms with Crippen molar-refractivity contribution >= 4 is 11.9 Å². The van der Waals surface area contributed by atoms with Gasteiger partial charge in [0, 0.05) is 36.5 Å². The Hall–Kier alpha value is -2.35. The van der Waals surface area contributed by atoms with Crippen molar-refractivity contribution in [1.82, 2.24) is 15.1 Å². The molecule has 0 amide bonds. The van der Waals surface area contributed by atoms with Gasteiger partial charge in [-0.25, -0.2) is 9.59 Å². The van der Waals surface area contributed by atoms with Gasteiger partial charge in [0.1, 0.15) is 0 Å². The van der Waals surface area contributed by atoms with Crippen molar-refractivity contribution in [3.05, 3.63) is 23.9 Å². The van der Waals surface area contributed by atoms with Crippen molar-refractivity contribution in [2.45, 2.75) is 76.8 Å². The van der Waals surface area contributed by atoms with Gasteiger partial charge in [-0.1, -0.05) is 19.3 Å². The number of nitrogens with one attached hydrogen (secondary N) is 1. The highest BCUT2D eigenvalue weighted by Crippen LogP contribution is 2.19. The summed E-state index contributed by atoms with van der Waals surface area (Å²) < 4.78 is 7.91. The first-order valence-corrected chi connectivity index (χ1v) is 10.6. The number of aryl methyl sites for hydroxylation is 2. The maximum absolute atomic E-state index is 9.55. The molecule has 3 rings (SSSR count). The first kappa shape index (κ1) is 22.9. The molecular weight excluding hydrogens is 374 g/mol. The summed E-state index contributed by atoms with van der Waals surface area (Å²) in [6.45, 7) is 2.99. The molecule has 162 valence electrons. The second-order valence-corrected chi connectivity index (χ2v) is 7.51. The molecule has 3 N–H and O–H groups in total. The number of ether oxygens (including phenoxy) is 1. The van der Waals surface area contributed by atoms with Crippen LogP contribution in [0.25, 0.3) is 0 Å². The fourth-order valence-electron chi connectivity index (χ4n) is 3.62. The number of carboxylic acids is 2. The van der Waals surface area contributed by atoms with Crippen LogP contribution in [0.1, 0.15) is 63.5 Å². The number of hydrogen-bond acceptors (Lipinski definition) is 5. The molecule has 1 aromatic heterocycles. The molecule has 1 fully saturated rings. The van der Waals surface area contributed by atoms with Crippen LogP contribution in [-0.4, -0.2) is 51.1 Å². The maximum Gasteiger partial charge on any atom is 0.328 e. The van der Waals surface area contributed by atoms with Gasteiger partial charge in [0.05, 0.1) is 6.61 Å². The lowest BCUT2D eigenvalue weighted by molar-refractivity contribution is -0.134. The van der Waals surface area contributed by atoms with Crippen LogP contribution in [0.3, 0.4) is 0 Å². The van der Waals surface area contributed by atoms with E-state index in [1.807, 2.05) is 0 Å². The van der Waals surface area contributed by atoms with Crippen molar-refractivity contribution in [3.8, 4) is 5.88 Å². The first-order chi connectivity index (χ1) is 14.0. The van der Waals surface area contributed by atoms with Crippen LogP contribution in [0.4, 0.5) is 0 Å². The molecular formula is C21H33N3O5. The zero-order valence-corrected chi connectivity index (χ0v) is 17.0. The summed E-state index contributed by atoms with van der Waals surface area (Å²) in [4.78, 5) is 19.1. The van der Waals surface area contributed by atoms with Gasteiger partial charge in [-0.2, -0.15) is 0 Å². The van der Waals surface area contributed by atoms with E-state index in [2.05, 4.69) is 21.2 Å². The minimum Gasteiger partial charge on any atom is -0.478 e. The van der Waals surface area contributed by atoms with Crippen molar-refractivity contribution in [2.24, 2.45) is 0 Å². The summed E-state index contributed by atoms with van der Waals surface area (Å²) in [5, 5.41) is 23.8. The molecule has 29 heavy (non-hydrogen) atoms. The standard InChI is InChI=1S/C17H29N3O.C4H4O4/c1-2-8-15(9-3-1)18-11-5-7-13-21-17-14-16-10-4-6-12-20(16)19-17;5-3(6)1-2-4(7)8/h14-15,18H,1-13H2;1-2H,(H,5,6)(H,7,8)/b;2-1-. The van der Waals surface area contributed by atoms with E-state index < -0.39 is 11.9 Å². The third kappa shape index (κ3) is 9.60. The number of carbonyl (C=O) groups is 2. The smallest absolute Gasteiger partial charge is 0.328 e. The van der Waals surface area contributed by atoms with E-state index in [-0.39, 0.29) is 0 Å². The fourth-order valence-corrected chi connectivity index (χ4v) is 3.62. The average Bonchev–Trinajstić information content (AvgIpc) is 3.13. The Balaban J connectivity index is 0.000000321. The van der Waals surface area contributed by atoms with E-state index in [9.17, 15) is 9.59 Å². The number of nitrogens with zero attached hydrogens (tertiary/aromatic N) is 2. The molecule has 2 heterocycles. The number of fused-ring (bicyclic) bond motifs is 1. The van der Waals surface area contributed by atoms with Crippen LogP contribution in [0.5, 0.6) is 5.88 Å². The lowest BCUT2D eigenvalue weighted by Crippen LogP contribution is -2.31. The first-order valence-electron chi connectivity index (χ1n) is 10.6. The Morgan fingerprint density at radius 2 is 1.83 bits per heavy atom. The quantitative estimate of drug-likeness (QED) is 0.426. The number of rotatable bonds is 9. The third-order valence-corrected chi connectivity index (χ3v) is 5.12. The van der Waals surface area contributed by atoms with E-state index >= 15 is 0 Å². The van der Waals surface area contributed by atoms with Gasteiger partial charge in [-0.05, 0) is 51.5 Å². The summed E-state index contributed by atoms with van der Waals surface area (Å²) in [5.74, 6) is -1.69. The van der Waals surface area contributed by atoms with E-state index in [0.717, 1.165) is 44.5 Å². The molecule has 8 heteroatoms. The number of unbranched alkanes of at least 4 members (excludes halogenated alkanes) is 1. The Morgan fingerprint density at radius 1 is 1.10 bits per heavy atom. The van der Waals surface area contributed by atoms with E-state index in [1.54, 1.807) is 0 Å². The summed E-state index contributed by atoms with van der Waals surface area (Å²) >= 11 is 0. The van der Waals surface area contributed by atoms with Crippen LogP contribution in [0.2, 0.25) is 0 Å². The molecule has 0 atom stereocenters. The predicted octanol–water partition coefficient (Wildman–Crippen LogP) is 3.01. The largest absolute Gasteiger partial charge is 0.478 e. The van der Waals surface area contributed by atoms with Gasteiger partial charge in [-0.15, -0.1) is 5.10 Å². The van der Waals surface area contributed by atoms with Crippen LogP contribution in [0.15, 0.2) is 18.2 Å². The Bertz CT molecular complexity index is 626. The number of aliphatic carboxylic acids is 2. The predicted molar refractivity (Wildman–Crippen MR) is 109 cm³/mol. The molecule has 0 unspecified atom stereocenters. The third-order valence-electron chi connectivity index (χ3n) is 5.12. The SMILES string of the molecule is O=C(O)/C=C\C(=O)O.c1c(OCCCCNC2CCCCC2)nn2c1CCCC2. The highest BCUT2D eigenvalue weighted by Gasteiger charge is 2.13. The van der Waals surface area contributed by atoms with E-state index in [1.165, 1.54) is 57.1 Å². The van der Waals surface area contributed by atoms with Gasteiger partial charge in [0.15, 0.2) is 0 Å². The Kier molecular flexibility index (Phi) is 10.3. The molecule has 1 aliphatic heterocycles. The molecule has 1 saturated carbocycles. The van der Waals surface area contributed by atoms with Crippen molar-refractivity contribution < 1.29 is 24.5 Å². The van der Waals surface area contributed by atoms with Crippen LogP contribution in [0, 0.1) is 0 Å². The molecule has 1 aliphatic carbocycles. The monoisotopic (exact) mass is 407 g/mol. The summed E-state index contributed by atoms with van der Waals surface area (Å²) in [5.41, 5.74) is 1.34. The molecule has 0 bridgehead atoms. The van der Waals surface area contributed by atoms with Gasteiger partial charge in [0.25, 0.3) is 0 Å². The highest BCUT2D eigenvalue weighted by atomic mass is 16.5. The summed E-state index contributed by atoms with van der Waals surface area (Å²) in [7, 11) is 0. The Morgan fingerprint density at radius 3 is 2.48 bits per heavy atom. The average molecular weight is 408 g/mol. The van der Waals surface area contributed by atoms with Crippen LogP contribution >= 0.6 is 0 Å². The number of hydrogen-bond donors (Lipinski definition) is 3. The van der Waals surface area contributed by atoms with Gasteiger partial charge >= 0.3 is 11.9 Å². The van der Waals surface area contributed by atoms with E-state index in [4.69, 9.17) is 14.9 Å². The summed E-state index contributed by atoms with van der Waals surface area (Å²) in [6.07, 6.45) is 14.1. The molecule has 0 spiro atoms. The normalized spacial score (nSPS) is 16.7. The maximum atomic E-state index is 9.55. The minimum atomic E-state index is -1.26. The minimum absolute atomic E-state index is 0.558. The van der Waals surface area contributed by atoms with Crippen molar-refractivity contribution in [2.75, 3.05) is 13.2 Å². The molecule has 0 aromatic carbocycles. The molecule has 8 nitrogen and oxygen atoms in total. The second kappa shape index (κ2) is 13.0. The lowest BCUT2D eigenvalue weighted by atomic mass is 9.95. The van der Waals surface area contributed by atoms with Crippen molar-refractivity contribution in [3.63, 3.8) is 0 Å². The van der Waals surface area contributed by atoms with E-state index in [0.29, 0.717) is 12.2 Å². The zero-order valence-electron chi connectivity index (χ0n) is 17.0. The highest BCUT2D eigenvalue weighted by molar-refractivity contribution is 5.89.